The summed E-state index contributed by atoms with van der Waals surface area (Å²) in [4.78, 5) is 16.8. The number of nitrogens with zero attached hydrogens (tertiary/aromatic N) is 5. The van der Waals surface area contributed by atoms with Gasteiger partial charge in [-0.3, -0.25) is 0 Å². The maximum Gasteiger partial charge on any atom is 0.191 e. The fourth-order valence-corrected chi connectivity index (χ4v) is 4.41. The highest BCUT2D eigenvalue weighted by atomic mass is 32.2. The molecular formula is C22H30N6O2S. The van der Waals surface area contributed by atoms with Crippen molar-refractivity contribution in [2.24, 2.45) is 7.05 Å². The molecule has 8 nitrogen and oxygen atoms in total. The van der Waals surface area contributed by atoms with Gasteiger partial charge in [-0.05, 0) is 24.1 Å². The van der Waals surface area contributed by atoms with Gasteiger partial charge in [0.2, 0.25) is 0 Å². The number of hydrogen-bond acceptors (Lipinski definition) is 8. The van der Waals surface area contributed by atoms with Crippen molar-refractivity contribution < 1.29 is 9.47 Å². The van der Waals surface area contributed by atoms with E-state index in [0.717, 1.165) is 71.0 Å². The molecular weight excluding hydrogens is 412 g/mol. The van der Waals surface area contributed by atoms with Gasteiger partial charge in [0.15, 0.2) is 22.1 Å². The average molecular weight is 443 g/mol. The van der Waals surface area contributed by atoms with Crippen LogP contribution in [-0.2, 0) is 24.0 Å². The Labute approximate surface area is 187 Å². The summed E-state index contributed by atoms with van der Waals surface area (Å²) in [7, 11) is 2.02. The Kier molecular flexibility index (Phi) is 6.82. The second kappa shape index (κ2) is 9.74. The Morgan fingerprint density at radius 1 is 1.16 bits per heavy atom. The molecule has 1 aromatic carbocycles. The molecule has 4 rings (SSSR count). The number of morpholine rings is 1. The van der Waals surface area contributed by atoms with Crippen molar-refractivity contribution in [2.75, 3.05) is 43.5 Å². The lowest BCUT2D eigenvalue weighted by Gasteiger charge is -2.28. The molecule has 1 aliphatic rings. The van der Waals surface area contributed by atoms with Crippen LogP contribution in [0.15, 0.2) is 23.4 Å². The van der Waals surface area contributed by atoms with Gasteiger partial charge in [-0.25, -0.2) is 15.0 Å². The van der Waals surface area contributed by atoms with Crippen molar-refractivity contribution in [3.63, 3.8) is 0 Å². The lowest BCUT2D eigenvalue weighted by molar-refractivity contribution is 0.122. The molecule has 9 heteroatoms. The average Bonchev–Trinajstić information content (AvgIpc) is 3.12. The van der Waals surface area contributed by atoms with Crippen LogP contribution < -0.4 is 15.4 Å². The summed E-state index contributed by atoms with van der Waals surface area (Å²) in [5.41, 5.74) is 9.69. The van der Waals surface area contributed by atoms with Gasteiger partial charge in [0.25, 0.3) is 0 Å². The summed E-state index contributed by atoms with van der Waals surface area (Å²) in [6.45, 7) is 7.88. The van der Waals surface area contributed by atoms with Gasteiger partial charge in [-0.1, -0.05) is 31.7 Å². The number of nitrogens with two attached hydrogens (primary N) is 1. The van der Waals surface area contributed by atoms with Crippen LogP contribution >= 0.6 is 11.8 Å². The van der Waals surface area contributed by atoms with Crippen LogP contribution in [0.2, 0.25) is 0 Å². The fourth-order valence-electron chi connectivity index (χ4n) is 3.63. The SMILES string of the molecule is CCCOc1ccc(CSc2nc(N3CCOCC3)c3nc(CC)n(C)c3n2)cc1N. The van der Waals surface area contributed by atoms with Gasteiger partial charge in [0.1, 0.15) is 11.6 Å². The highest BCUT2D eigenvalue weighted by Crippen LogP contribution is 2.31. The van der Waals surface area contributed by atoms with E-state index in [1.54, 1.807) is 11.8 Å². The quantitative estimate of drug-likeness (QED) is 0.322. The van der Waals surface area contributed by atoms with Gasteiger partial charge in [0.05, 0.1) is 25.5 Å². The molecule has 3 aromatic rings. The summed E-state index contributed by atoms with van der Waals surface area (Å²) in [5, 5.41) is 0.740. The molecule has 1 saturated heterocycles. The first-order valence-electron chi connectivity index (χ1n) is 10.8. The number of ether oxygens (including phenoxy) is 2. The summed E-state index contributed by atoms with van der Waals surface area (Å²) in [5.74, 6) is 3.38. The van der Waals surface area contributed by atoms with E-state index in [4.69, 9.17) is 30.2 Å². The highest BCUT2D eigenvalue weighted by Gasteiger charge is 2.21. The molecule has 0 amide bonds. The maximum absolute atomic E-state index is 6.17. The largest absolute Gasteiger partial charge is 0.491 e. The van der Waals surface area contributed by atoms with Crippen molar-refractivity contribution in [1.29, 1.82) is 0 Å². The van der Waals surface area contributed by atoms with E-state index in [-0.39, 0.29) is 0 Å². The minimum atomic E-state index is 0.663. The number of anilines is 2. The molecule has 0 atom stereocenters. The zero-order valence-corrected chi connectivity index (χ0v) is 19.2. The maximum atomic E-state index is 6.17. The van der Waals surface area contributed by atoms with Crippen LogP contribution in [0.25, 0.3) is 11.2 Å². The Hall–Kier alpha value is -2.52. The van der Waals surface area contributed by atoms with E-state index in [1.165, 1.54) is 0 Å². The number of hydrogen-bond donors (Lipinski definition) is 1. The van der Waals surface area contributed by atoms with E-state index in [2.05, 4.69) is 29.4 Å². The molecule has 166 valence electrons. The predicted octanol–water partition coefficient (Wildman–Crippen LogP) is 3.43. The molecule has 31 heavy (non-hydrogen) atoms. The molecule has 3 heterocycles. The number of aromatic nitrogens is 4. The van der Waals surface area contributed by atoms with E-state index in [9.17, 15) is 0 Å². The zero-order valence-electron chi connectivity index (χ0n) is 18.4. The van der Waals surface area contributed by atoms with Gasteiger partial charge in [-0.2, -0.15) is 0 Å². The van der Waals surface area contributed by atoms with Crippen LogP contribution in [0.5, 0.6) is 5.75 Å². The third-order valence-corrected chi connectivity index (χ3v) is 6.22. The monoisotopic (exact) mass is 442 g/mol. The number of fused-ring (bicyclic) bond motifs is 1. The predicted molar refractivity (Wildman–Crippen MR) is 125 cm³/mol. The summed E-state index contributed by atoms with van der Waals surface area (Å²) >= 11 is 1.61. The van der Waals surface area contributed by atoms with E-state index in [0.29, 0.717) is 25.5 Å². The van der Waals surface area contributed by atoms with E-state index >= 15 is 0 Å². The molecule has 2 aromatic heterocycles. The number of rotatable bonds is 8. The Balaban J connectivity index is 1.60. The third-order valence-electron chi connectivity index (χ3n) is 5.30. The van der Waals surface area contributed by atoms with Gasteiger partial charge in [-0.15, -0.1) is 0 Å². The lowest BCUT2D eigenvalue weighted by Crippen LogP contribution is -2.37. The number of benzene rings is 1. The second-order valence-corrected chi connectivity index (χ2v) is 8.49. The molecule has 0 saturated carbocycles. The molecule has 0 unspecified atom stereocenters. The van der Waals surface area contributed by atoms with Crippen LogP contribution in [0.3, 0.4) is 0 Å². The molecule has 2 N–H and O–H groups in total. The molecule has 1 fully saturated rings. The van der Waals surface area contributed by atoms with E-state index < -0.39 is 0 Å². The van der Waals surface area contributed by atoms with Crippen LogP contribution in [-0.4, -0.2) is 52.4 Å². The summed E-state index contributed by atoms with van der Waals surface area (Å²) in [6, 6.07) is 5.96. The van der Waals surface area contributed by atoms with Crippen molar-refractivity contribution in [2.45, 2.75) is 37.6 Å². The standard InChI is InChI=1S/C22H30N6O2S/c1-4-10-30-17-7-6-15(13-16(17)23)14-31-22-25-20-19(24-18(5-2)27(20)3)21(26-22)28-8-11-29-12-9-28/h6-7,13H,4-5,8-12,14,23H2,1-3H3. The minimum absolute atomic E-state index is 0.663. The Morgan fingerprint density at radius 2 is 1.97 bits per heavy atom. The number of nitrogen functional groups attached to an aromatic ring is 1. The smallest absolute Gasteiger partial charge is 0.191 e. The number of thioether (sulfide) groups is 1. The molecule has 1 aliphatic heterocycles. The second-order valence-electron chi connectivity index (χ2n) is 7.55. The van der Waals surface area contributed by atoms with Crippen molar-refractivity contribution in [3.8, 4) is 5.75 Å². The van der Waals surface area contributed by atoms with Crippen molar-refractivity contribution in [1.82, 2.24) is 19.5 Å². The topological polar surface area (TPSA) is 91.3 Å². The van der Waals surface area contributed by atoms with Crippen molar-refractivity contribution >= 4 is 34.4 Å². The van der Waals surface area contributed by atoms with Gasteiger partial charge >= 0.3 is 0 Å². The normalized spacial score (nSPS) is 14.4. The molecule has 0 bridgehead atoms. The van der Waals surface area contributed by atoms with Crippen molar-refractivity contribution in [3.05, 3.63) is 29.6 Å². The van der Waals surface area contributed by atoms with Crippen LogP contribution in [0.4, 0.5) is 11.5 Å². The molecule has 0 aliphatic carbocycles. The minimum Gasteiger partial charge on any atom is -0.491 e. The zero-order chi connectivity index (χ0) is 21.8. The first-order chi connectivity index (χ1) is 15.1. The fraction of sp³-hybridized carbons (Fsp3) is 0.500. The van der Waals surface area contributed by atoms with Crippen LogP contribution in [0.1, 0.15) is 31.7 Å². The van der Waals surface area contributed by atoms with Crippen LogP contribution in [0, 0.1) is 0 Å². The Bertz CT molecular complexity index is 1050. The third kappa shape index (κ3) is 4.72. The van der Waals surface area contributed by atoms with E-state index in [1.807, 2.05) is 19.2 Å². The first-order valence-corrected chi connectivity index (χ1v) is 11.8. The summed E-state index contributed by atoms with van der Waals surface area (Å²) < 4.78 is 13.3. The molecule has 0 radical (unpaired) electrons. The first kappa shape index (κ1) is 21.7. The highest BCUT2D eigenvalue weighted by molar-refractivity contribution is 7.98. The Morgan fingerprint density at radius 3 is 2.68 bits per heavy atom. The van der Waals surface area contributed by atoms with Gasteiger partial charge in [0, 0.05) is 32.3 Å². The number of imidazole rings is 1. The summed E-state index contributed by atoms with van der Waals surface area (Å²) in [6.07, 6.45) is 1.81. The lowest BCUT2D eigenvalue weighted by atomic mass is 10.2. The number of aryl methyl sites for hydroxylation is 2. The molecule has 0 spiro atoms. The van der Waals surface area contributed by atoms with Gasteiger partial charge < -0.3 is 24.7 Å².